The quantitative estimate of drug-likeness (QED) is 0.474. The minimum Gasteiger partial charge on any atom is -0.508 e. The maximum Gasteiger partial charge on any atom is 0.325 e. The van der Waals surface area contributed by atoms with Gasteiger partial charge in [0.1, 0.15) is 17.5 Å². The van der Waals surface area contributed by atoms with Gasteiger partial charge in [-0.05, 0) is 19.1 Å². The fourth-order valence-electron chi connectivity index (χ4n) is 2.42. The smallest absolute Gasteiger partial charge is 0.325 e. The van der Waals surface area contributed by atoms with Crippen LogP contribution in [0.3, 0.4) is 0 Å². The zero-order valence-electron chi connectivity index (χ0n) is 13.5. The number of phenols is 2. The topological polar surface area (TPSA) is 102 Å². The number of carboxylic acids is 1. The Morgan fingerprint density at radius 1 is 1.08 bits per heavy atom. The van der Waals surface area contributed by atoms with Gasteiger partial charge in [-0.1, -0.05) is 35.9 Å². The fourth-order valence-corrected chi connectivity index (χ4v) is 2.42. The van der Waals surface area contributed by atoms with Crippen molar-refractivity contribution in [2.45, 2.75) is 19.5 Å². The third-order valence-corrected chi connectivity index (χ3v) is 3.70. The van der Waals surface area contributed by atoms with Crippen LogP contribution in [0.25, 0.3) is 0 Å². The average molecular weight is 330 g/mol. The predicted molar refractivity (Wildman–Crippen MR) is 91.0 cm³/mol. The summed E-state index contributed by atoms with van der Waals surface area (Å²) in [5.74, 6) is -0.856. The lowest BCUT2D eigenvalue weighted by atomic mass is 10.0. The lowest BCUT2D eigenvalue weighted by molar-refractivity contribution is -0.139. The molecule has 0 aliphatic carbocycles. The van der Waals surface area contributed by atoms with E-state index in [4.69, 9.17) is 0 Å². The highest BCUT2D eigenvalue weighted by Crippen LogP contribution is 2.25. The van der Waals surface area contributed by atoms with Gasteiger partial charge in [-0.25, -0.2) is 0 Å². The molecule has 1 atom stereocenters. The van der Waals surface area contributed by atoms with Gasteiger partial charge in [-0.15, -0.1) is 0 Å². The van der Waals surface area contributed by atoms with Crippen LogP contribution in [0.5, 0.6) is 11.5 Å². The van der Waals surface area contributed by atoms with Gasteiger partial charge >= 0.3 is 5.97 Å². The Bertz CT molecular complexity index is 703. The molecule has 0 amide bonds. The summed E-state index contributed by atoms with van der Waals surface area (Å²) in [7, 11) is 0. The Balaban J connectivity index is 1.87. The number of benzene rings is 2. The van der Waals surface area contributed by atoms with E-state index >= 15 is 0 Å². The summed E-state index contributed by atoms with van der Waals surface area (Å²) in [6.45, 7) is 3.25. The molecule has 6 nitrogen and oxygen atoms in total. The highest BCUT2D eigenvalue weighted by Gasteiger charge is 2.22. The van der Waals surface area contributed by atoms with E-state index in [0.29, 0.717) is 25.2 Å². The number of carbonyl (C=O) groups is 1. The number of carboxylic acid groups (broad SMARTS) is 1. The van der Waals surface area contributed by atoms with Crippen molar-refractivity contribution in [2.24, 2.45) is 0 Å². The summed E-state index contributed by atoms with van der Waals surface area (Å²) < 4.78 is 0. The molecule has 0 aliphatic heterocycles. The van der Waals surface area contributed by atoms with Crippen LogP contribution in [0.15, 0.2) is 42.5 Å². The first-order valence-electron chi connectivity index (χ1n) is 7.72. The average Bonchev–Trinajstić information content (AvgIpc) is 2.55. The molecule has 24 heavy (non-hydrogen) atoms. The summed E-state index contributed by atoms with van der Waals surface area (Å²) in [6.07, 6.45) is 0. The fraction of sp³-hybridized carbons (Fsp3) is 0.278. The van der Waals surface area contributed by atoms with Crippen LogP contribution in [-0.2, 0) is 11.3 Å². The minimum absolute atomic E-state index is 0.0392. The second-order valence-electron chi connectivity index (χ2n) is 5.59. The molecular formula is C18H22N2O4. The van der Waals surface area contributed by atoms with Gasteiger partial charge in [0.05, 0.1) is 0 Å². The van der Waals surface area contributed by atoms with Gasteiger partial charge in [-0.3, -0.25) is 10.1 Å². The first kappa shape index (κ1) is 17.8. The van der Waals surface area contributed by atoms with E-state index in [1.54, 1.807) is 24.3 Å². The van der Waals surface area contributed by atoms with Gasteiger partial charge in [0.2, 0.25) is 0 Å². The van der Waals surface area contributed by atoms with Gasteiger partial charge in [0.25, 0.3) is 0 Å². The summed E-state index contributed by atoms with van der Waals surface area (Å²) >= 11 is 0. The first-order chi connectivity index (χ1) is 11.5. The Hall–Kier alpha value is -2.57. The van der Waals surface area contributed by atoms with Crippen LogP contribution >= 0.6 is 0 Å². The normalized spacial score (nSPS) is 12.0. The molecule has 2 aromatic rings. The number of phenolic OH excluding ortho intramolecular Hbond substituents is 2. The van der Waals surface area contributed by atoms with Crippen molar-refractivity contribution in [2.75, 3.05) is 13.1 Å². The summed E-state index contributed by atoms with van der Waals surface area (Å²) in [4.78, 5) is 11.5. The van der Waals surface area contributed by atoms with Crippen LogP contribution in [0.4, 0.5) is 0 Å². The molecular weight excluding hydrogens is 308 g/mol. The van der Waals surface area contributed by atoms with Crippen LogP contribution < -0.4 is 10.6 Å². The second kappa shape index (κ2) is 8.33. The van der Waals surface area contributed by atoms with E-state index in [1.807, 2.05) is 19.1 Å². The lowest BCUT2D eigenvalue weighted by Crippen LogP contribution is -2.34. The SMILES string of the molecule is Cc1ccc(O)c(C(NCCNCc2ccccc2O)C(=O)O)c1. The molecule has 128 valence electrons. The van der Waals surface area contributed by atoms with Crippen molar-refractivity contribution < 1.29 is 20.1 Å². The number of aryl methyl sites for hydroxylation is 1. The number of nitrogens with one attached hydrogen (secondary N) is 2. The number of hydrogen-bond acceptors (Lipinski definition) is 5. The molecule has 0 aromatic heterocycles. The van der Waals surface area contributed by atoms with Crippen molar-refractivity contribution in [1.29, 1.82) is 0 Å². The van der Waals surface area contributed by atoms with E-state index in [1.165, 1.54) is 6.07 Å². The zero-order chi connectivity index (χ0) is 17.5. The third-order valence-electron chi connectivity index (χ3n) is 3.70. The molecule has 0 saturated carbocycles. The molecule has 0 radical (unpaired) electrons. The van der Waals surface area contributed by atoms with Crippen molar-refractivity contribution in [3.8, 4) is 11.5 Å². The summed E-state index contributed by atoms with van der Waals surface area (Å²) in [6, 6.07) is 11.0. The molecule has 0 heterocycles. The molecule has 0 saturated heterocycles. The Kier molecular flexibility index (Phi) is 6.17. The van der Waals surface area contributed by atoms with Crippen molar-refractivity contribution in [3.63, 3.8) is 0 Å². The third kappa shape index (κ3) is 4.71. The van der Waals surface area contributed by atoms with Gasteiger partial charge in [0, 0.05) is 30.8 Å². The van der Waals surface area contributed by atoms with Crippen molar-refractivity contribution in [1.82, 2.24) is 10.6 Å². The van der Waals surface area contributed by atoms with Crippen LogP contribution in [-0.4, -0.2) is 34.4 Å². The number of para-hydroxylation sites is 1. The van der Waals surface area contributed by atoms with Crippen LogP contribution in [0.1, 0.15) is 22.7 Å². The van der Waals surface area contributed by atoms with Crippen molar-refractivity contribution in [3.05, 3.63) is 59.2 Å². The predicted octanol–water partition coefficient (Wildman–Crippen LogP) is 1.91. The van der Waals surface area contributed by atoms with E-state index < -0.39 is 12.0 Å². The molecule has 0 aliphatic rings. The van der Waals surface area contributed by atoms with Crippen LogP contribution in [0.2, 0.25) is 0 Å². The highest BCUT2D eigenvalue weighted by atomic mass is 16.4. The minimum atomic E-state index is -1.04. The monoisotopic (exact) mass is 330 g/mol. The molecule has 5 N–H and O–H groups in total. The summed E-state index contributed by atoms with van der Waals surface area (Å²) in [5, 5.41) is 35.0. The Morgan fingerprint density at radius 2 is 1.83 bits per heavy atom. The number of aromatic hydroxyl groups is 2. The van der Waals surface area contributed by atoms with E-state index in [9.17, 15) is 20.1 Å². The molecule has 0 spiro atoms. The molecule has 0 bridgehead atoms. The van der Waals surface area contributed by atoms with Crippen molar-refractivity contribution >= 4 is 5.97 Å². The lowest BCUT2D eigenvalue weighted by Gasteiger charge is -2.17. The Morgan fingerprint density at radius 3 is 2.54 bits per heavy atom. The maximum atomic E-state index is 11.5. The standard InChI is InChI=1S/C18H22N2O4/c1-12-6-7-16(22)14(10-12)17(18(23)24)20-9-8-19-11-13-4-2-3-5-15(13)21/h2-7,10,17,19-22H,8-9,11H2,1H3,(H,23,24). The Labute approximate surface area is 140 Å². The second-order valence-corrected chi connectivity index (χ2v) is 5.59. The molecule has 6 heteroatoms. The number of aliphatic carboxylic acids is 1. The van der Waals surface area contributed by atoms with Gasteiger partial charge in [-0.2, -0.15) is 0 Å². The zero-order valence-corrected chi connectivity index (χ0v) is 13.5. The molecule has 0 fully saturated rings. The molecule has 2 aromatic carbocycles. The van der Waals surface area contributed by atoms with Gasteiger partial charge in [0.15, 0.2) is 0 Å². The highest BCUT2D eigenvalue weighted by molar-refractivity contribution is 5.76. The summed E-state index contributed by atoms with van der Waals surface area (Å²) in [5.41, 5.74) is 2.01. The van der Waals surface area contributed by atoms with E-state index in [2.05, 4.69) is 10.6 Å². The maximum absolute atomic E-state index is 11.5. The van der Waals surface area contributed by atoms with Gasteiger partial charge < -0.3 is 20.6 Å². The number of rotatable bonds is 8. The van der Waals surface area contributed by atoms with E-state index in [-0.39, 0.29) is 11.5 Å². The number of hydrogen-bond donors (Lipinski definition) is 5. The first-order valence-corrected chi connectivity index (χ1v) is 7.72. The van der Waals surface area contributed by atoms with Crippen LogP contribution in [0, 0.1) is 6.92 Å². The van der Waals surface area contributed by atoms with E-state index in [0.717, 1.165) is 11.1 Å². The molecule has 1 unspecified atom stereocenters. The molecule has 2 rings (SSSR count). The largest absolute Gasteiger partial charge is 0.508 e.